The van der Waals surface area contributed by atoms with Gasteiger partial charge in [0, 0.05) is 36.5 Å². The Balaban J connectivity index is 0.00000164. The molecule has 0 radical (unpaired) electrons. The molecule has 0 saturated heterocycles. The number of ketones is 1. The van der Waals surface area contributed by atoms with Crippen LogP contribution in [-0.4, -0.2) is 35.7 Å². The molecule has 2 fully saturated rings. The topological polar surface area (TPSA) is 83.8 Å². The van der Waals surface area contributed by atoms with E-state index in [-0.39, 0.29) is 40.4 Å². The summed E-state index contributed by atoms with van der Waals surface area (Å²) in [5.74, 6) is 0.113. The summed E-state index contributed by atoms with van der Waals surface area (Å²) in [7, 11) is 1.00. The first kappa shape index (κ1) is 28.8. The Labute approximate surface area is 228 Å². The van der Waals surface area contributed by atoms with Gasteiger partial charge in [-0.05, 0) is 91.4 Å². The monoisotopic (exact) mass is 522 g/mol. The summed E-state index contributed by atoms with van der Waals surface area (Å²) in [5.41, 5.74) is 5.78. The van der Waals surface area contributed by atoms with Crippen molar-refractivity contribution >= 4 is 11.8 Å². The fraction of sp³-hybridized carbons (Fsp3) is 0.636. The average molecular weight is 523 g/mol. The molecule has 0 unspecified atom stereocenters. The van der Waals surface area contributed by atoms with Gasteiger partial charge in [0.05, 0.1) is 0 Å². The summed E-state index contributed by atoms with van der Waals surface area (Å²) in [4.78, 5) is 25.4. The van der Waals surface area contributed by atoms with Crippen LogP contribution in [0.4, 0.5) is 0 Å². The lowest BCUT2D eigenvalue weighted by Crippen LogP contribution is -2.51. The highest BCUT2D eigenvalue weighted by atomic mass is 16.5. The van der Waals surface area contributed by atoms with Gasteiger partial charge in [0.15, 0.2) is 5.76 Å². The van der Waals surface area contributed by atoms with Gasteiger partial charge in [-0.2, -0.15) is 0 Å². The second kappa shape index (κ2) is 10.1. The van der Waals surface area contributed by atoms with Gasteiger partial charge >= 0.3 is 5.97 Å². The van der Waals surface area contributed by atoms with Crippen LogP contribution in [-0.2, 0) is 14.3 Å². The van der Waals surface area contributed by atoms with Crippen molar-refractivity contribution in [3.05, 3.63) is 57.9 Å². The number of fused-ring (bicyclic) bond motifs is 7. The minimum absolute atomic E-state index is 0.0100. The lowest BCUT2D eigenvalue weighted by molar-refractivity contribution is -0.142. The molecule has 0 aromatic carbocycles. The van der Waals surface area contributed by atoms with Crippen LogP contribution in [0.25, 0.3) is 0 Å². The van der Waals surface area contributed by atoms with Crippen LogP contribution in [0, 0.1) is 27.6 Å². The second-order valence-corrected chi connectivity index (χ2v) is 13.2. The maximum Gasteiger partial charge on any atom is 0.311 e. The van der Waals surface area contributed by atoms with Gasteiger partial charge in [-0.3, -0.25) is 9.59 Å². The molecule has 38 heavy (non-hydrogen) atoms. The highest BCUT2D eigenvalue weighted by molar-refractivity contribution is 6.08. The largest absolute Gasteiger partial charge is 0.422 e. The highest BCUT2D eigenvalue weighted by Crippen LogP contribution is 2.68. The molecule has 0 spiro atoms. The number of esters is 1. The Bertz CT molecular complexity index is 1180. The van der Waals surface area contributed by atoms with Crippen LogP contribution >= 0.6 is 0 Å². The van der Waals surface area contributed by atoms with E-state index in [0.29, 0.717) is 24.2 Å². The van der Waals surface area contributed by atoms with E-state index in [4.69, 9.17) is 9.84 Å². The molecule has 2 N–H and O–H groups in total. The first-order valence-electron chi connectivity index (χ1n) is 14.3. The van der Waals surface area contributed by atoms with E-state index in [1.54, 1.807) is 11.6 Å². The number of ether oxygens (including phenoxy) is 1. The summed E-state index contributed by atoms with van der Waals surface area (Å²) in [6.45, 7) is 13.5. The van der Waals surface area contributed by atoms with Crippen LogP contribution in [0.2, 0.25) is 0 Å². The Kier molecular flexibility index (Phi) is 7.61. The Hall–Kier alpha value is -2.24. The van der Waals surface area contributed by atoms with E-state index >= 15 is 0 Å². The van der Waals surface area contributed by atoms with Crippen molar-refractivity contribution < 1.29 is 24.5 Å². The standard InChI is InChI=1S/C32H42O4.CH4O/c1-7-8-27(35)36-28-20(2)21-9-10-26-31(5,23(21)17-25(28)34)12-11-22-24-18-29(3,19-33)13-14-30(24,4)15-16-32(22,26)6;1-2/h9-11,17,24,33H,7-8,12-16,18-19H2,1-6H3;2H,1H3/t24-,29+,30+,31-,32-;/m0./s1. The smallest absolute Gasteiger partial charge is 0.311 e. The van der Waals surface area contributed by atoms with Crippen molar-refractivity contribution in [1.82, 2.24) is 0 Å². The van der Waals surface area contributed by atoms with Crippen LogP contribution in [0.1, 0.15) is 92.9 Å². The van der Waals surface area contributed by atoms with E-state index in [2.05, 4.69) is 45.9 Å². The minimum Gasteiger partial charge on any atom is -0.422 e. The lowest BCUT2D eigenvalue weighted by Gasteiger charge is -2.61. The predicted octanol–water partition coefficient (Wildman–Crippen LogP) is 6.53. The van der Waals surface area contributed by atoms with Crippen molar-refractivity contribution in [3.63, 3.8) is 0 Å². The molecular weight excluding hydrogens is 476 g/mol. The van der Waals surface area contributed by atoms with Gasteiger partial charge in [0.2, 0.25) is 5.78 Å². The zero-order valence-electron chi connectivity index (χ0n) is 24.4. The SMILES string of the molecule is CCCC(=O)OC1=C(C)C2=CC=C3[C@@](C)(CC=C4[C@@H]5C[C@](C)(CO)CC[C@]5(C)CC[C@@]43C)C2=CC1=O.CO. The third-order valence-corrected chi connectivity index (χ3v) is 10.6. The number of carbonyl (C=O) groups is 2. The number of carbonyl (C=O) groups excluding carboxylic acids is 2. The predicted molar refractivity (Wildman–Crippen MR) is 150 cm³/mol. The summed E-state index contributed by atoms with van der Waals surface area (Å²) in [6.07, 6.45) is 16.2. The Morgan fingerprint density at radius 3 is 2.39 bits per heavy atom. The number of hydrogen-bond acceptors (Lipinski definition) is 5. The summed E-state index contributed by atoms with van der Waals surface area (Å²) < 4.78 is 5.53. The van der Waals surface area contributed by atoms with Crippen molar-refractivity contribution in [2.45, 2.75) is 92.9 Å². The lowest BCUT2D eigenvalue weighted by atomic mass is 9.43. The van der Waals surface area contributed by atoms with E-state index in [1.165, 1.54) is 18.4 Å². The first-order valence-corrected chi connectivity index (χ1v) is 14.3. The fourth-order valence-corrected chi connectivity index (χ4v) is 8.03. The second-order valence-electron chi connectivity index (χ2n) is 13.2. The van der Waals surface area contributed by atoms with Gasteiger partial charge in [-0.15, -0.1) is 0 Å². The molecule has 0 amide bonds. The molecule has 0 aromatic heterocycles. The fourth-order valence-electron chi connectivity index (χ4n) is 8.03. The molecular formula is C33H46O5. The van der Waals surface area contributed by atoms with Gasteiger partial charge < -0.3 is 14.9 Å². The number of rotatable bonds is 4. The summed E-state index contributed by atoms with van der Waals surface area (Å²) in [6, 6.07) is 0. The zero-order chi connectivity index (χ0) is 28.1. The zero-order valence-corrected chi connectivity index (χ0v) is 24.4. The van der Waals surface area contributed by atoms with E-state index in [1.807, 2.05) is 13.8 Å². The van der Waals surface area contributed by atoms with Crippen molar-refractivity contribution in [2.75, 3.05) is 13.7 Å². The number of allylic oxidation sites excluding steroid dienone is 9. The molecule has 0 bridgehead atoms. The maximum absolute atomic E-state index is 13.2. The van der Waals surface area contributed by atoms with Crippen molar-refractivity contribution in [2.24, 2.45) is 27.6 Å². The molecule has 5 atom stereocenters. The third kappa shape index (κ3) is 4.30. The van der Waals surface area contributed by atoms with Crippen LogP contribution < -0.4 is 0 Å². The first-order chi connectivity index (χ1) is 17.9. The van der Waals surface area contributed by atoms with Crippen molar-refractivity contribution in [3.8, 4) is 0 Å². The third-order valence-electron chi connectivity index (χ3n) is 10.6. The van der Waals surface area contributed by atoms with E-state index in [0.717, 1.165) is 49.5 Å². The molecule has 0 heterocycles. The maximum atomic E-state index is 13.2. The molecule has 5 heteroatoms. The van der Waals surface area contributed by atoms with E-state index in [9.17, 15) is 14.7 Å². The molecule has 5 aliphatic carbocycles. The molecule has 5 nitrogen and oxygen atoms in total. The van der Waals surface area contributed by atoms with Crippen LogP contribution in [0.3, 0.4) is 0 Å². The molecule has 0 aliphatic heterocycles. The Morgan fingerprint density at radius 1 is 1.05 bits per heavy atom. The van der Waals surface area contributed by atoms with Crippen LogP contribution in [0.5, 0.6) is 0 Å². The van der Waals surface area contributed by atoms with Gasteiger partial charge in [0.25, 0.3) is 0 Å². The summed E-state index contributed by atoms with van der Waals surface area (Å²) >= 11 is 0. The molecule has 5 rings (SSSR count). The molecule has 5 aliphatic rings. The minimum atomic E-state index is -0.346. The van der Waals surface area contributed by atoms with Crippen LogP contribution in [0.15, 0.2) is 57.9 Å². The number of aliphatic hydroxyl groups is 2. The Morgan fingerprint density at radius 2 is 1.74 bits per heavy atom. The summed E-state index contributed by atoms with van der Waals surface area (Å²) in [5, 5.41) is 17.2. The van der Waals surface area contributed by atoms with Gasteiger partial charge in [0.1, 0.15) is 0 Å². The highest BCUT2D eigenvalue weighted by Gasteiger charge is 2.58. The molecule has 2 saturated carbocycles. The normalized spacial score (nSPS) is 37.6. The van der Waals surface area contributed by atoms with Gasteiger partial charge in [-0.1, -0.05) is 58.4 Å². The van der Waals surface area contributed by atoms with Crippen molar-refractivity contribution in [1.29, 1.82) is 0 Å². The molecule has 0 aromatic rings. The number of aliphatic hydroxyl groups excluding tert-OH is 2. The average Bonchev–Trinajstić information content (AvgIpc) is 2.89. The molecule has 208 valence electrons. The quantitative estimate of drug-likeness (QED) is 0.324. The van der Waals surface area contributed by atoms with E-state index < -0.39 is 0 Å². The number of hydrogen-bond donors (Lipinski definition) is 2. The van der Waals surface area contributed by atoms with Gasteiger partial charge in [-0.25, -0.2) is 0 Å².